The molecule has 0 saturated carbocycles. The lowest BCUT2D eigenvalue weighted by Crippen LogP contribution is -2.28. The highest BCUT2D eigenvalue weighted by Gasteiger charge is 2.27. The Kier molecular flexibility index (Phi) is 6.37. The van der Waals surface area contributed by atoms with E-state index in [0.29, 0.717) is 18.3 Å². The summed E-state index contributed by atoms with van der Waals surface area (Å²) in [6.45, 7) is 3.29. The van der Waals surface area contributed by atoms with E-state index in [9.17, 15) is 4.79 Å². The molecule has 6 nitrogen and oxygen atoms in total. The van der Waals surface area contributed by atoms with Crippen LogP contribution in [0, 0.1) is 5.92 Å². The first-order chi connectivity index (χ1) is 13.8. The van der Waals surface area contributed by atoms with Crippen LogP contribution in [0.5, 0.6) is 0 Å². The Bertz CT molecular complexity index is 755. The highest BCUT2D eigenvalue weighted by molar-refractivity contribution is 5.76. The number of aromatic nitrogens is 2. The normalized spacial score (nSPS) is 20.6. The first kappa shape index (κ1) is 19.1. The van der Waals surface area contributed by atoms with Gasteiger partial charge in [-0.15, -0.1) is 0 Å². The molecule has 0 spiro atoms. The molecule has 1 aromatic heterocycles. The van der Waals surface area contributed by atoms with Gasteiger partial charge in [0.2, 0.25) is 11.8 Å². The minimum atomic E-state index is 0.271. The van der Waals surface area contributed by atoms with Crippen LogP contribution >= 0.6 is 0 Å². The van der Waals surface area contributed by atoms with Crippen LogP contribution in [0.25, 0.3) is 0 Å². The minimum absolute atomic E-state index is 0.271. The van der Waals surface area contributed by atoms with Crippen LogP contribution < -0.4 is 0 Å². The smallest absolute Gasteiger partial charge is 0.229 e. The van der Waals surface area contributed by atoms with Gasteiger partial charge in [0.15, 0.2) is 5.82 Å². The second kappa shape index (κ2) is 9.32. The van der Waals surface area contributed by atoms with E-state index in [1.165, 1.54) is 5.56 Å². The highest BCUT2D eigenvalue weighted by atomic mass is 16.5. The van der Waals surface area contributed by atoms with E-state index in [2.05, 4.69) is 22.3 Å². The van der Waals surface area contributed by atoms with Crippen molar-refractivity contribution < 1.29 is 14.1 Å². The molecule has 2 aromatic rings. The third-order valence-electron chi connectivity index (χ3n) is 5.94. The molecule has 2 aliphatic heterocycles. The average Bonchev–Trinajstić information content (AvgIpc) is 3.42. The standard InChI is InChI=1S/C22H29N3O3/c26-21(9-7-17-4-2-1-3-5-17)25-13-10-18(16-25)6-8-20-23-22(28-24-20)19-11-14-27-15-12-19/h1-5,18-19H,6-16H2. The van der Waals surface area contributed by atoms with Crippen molar-refractivity contribution >= 4 is 5.91 Å². The Labute approximate surface area is 166 Å². The molecule has 6 heteroatoms. The summed E-state index contributed by atoms with van der Waals surface area (Å²) < 4.78 is 10.9. The van der Waals surface area contributed by atoms with E-state index in [-0.39, 0.29) is 5.91 Å². The molecule has 0 bridgehead atoms. The predicted molar refractivity (Wildman–Crippen MR) is 105 cm³/mol. The number of nitrogens with zero attached hydrogens (tertiary/aromatic N) is 3. The van der Waals surface area contributed by atoms with Crippen LogP contribution in [0.1, 0.15) is 55.3 Å². The molecule has 1 atom stereocenters. The predicted octanol–water partition coefficient (Wildman–Crippen LogP) is 3.38. The van der Waals surface area contributed by atoms with Crippen molar-refractivity contribution in [1.29, 1.82) is 0 Å². The Hall–Kier alpha value is -2.21. The molecule has 1 unspecified atom stereocenters. The van der Waals surface area contributed by atoms with Crippen LogP contribution in [0.2, 0.25) is 0 Å². The zero-order valence-electron chi connectivity index (χ0n) is 16.4. The largest absolute Gasteiger partial charge is 0.381 e. The summed E-state index contributed by atoms with van der Waals surface area (Å²) in [5, 5.41) is 4.16. The monoisotopic (exact) mass is 383 g/mol. The number of hydrogen-bond acceptors (Lipinski definition) is 5. The van der Waals surface area contributed by atoms with E-state index in [1.54, 1.807) is 0 Å². The first-order valence-corrected chi connectivity index (χ1v) is 10.5. The number of amides is 1. The molecule has 1 amide bonds. The van der Waals surface area contributed by atoms with Gasteiger partial charge in [-0.1, -0.05) is 35.5 Å². The van der Waals surface area contributed by atoms with E-state index in [4.69, 9.17) is 9.26 Å². The number of ether oxygens (including phenoxy) is 1. The SMILES string of the molecule is O=C(CCc1ccccc1)N1CCC(CCc2noc(C3CCOCC3)n2)C1. The third kappa shape index (κ3) is 4.98. The number of aryl methyl sites for hydroxylation is 2. The topological polar surface area (TPSA) is 68.5 Å². The van der Waals surface area contributed by atoms with Crippen LogP contribution in [0.3, 0.4) is 0 Å². The number of carbonyl (C=O) groups excluding carboxylic acids is 1. The lowest BCUT2D eigenvalue weighted by Gasteiger charge is -2.18. The van der Waals surface area contributed by atoms with Crippen LogP contribution in [0.4, 0.5) is 0 Å². The van der Waals surface area contributed by atoms with Crippen LogP contribution in [0.15, 0.2) is 34.9 Å². The maximum Gasteiger partial charge on any atom is 0.229 e. The van der Waals surface area contributed by atoms with E-state index < -0.39 is 0 Å². The number of benzene rings is 1. The number of rotatable bonds is 7. The summed E-state index contributed by atoms with van der Waals surface area (Å²) in [6.07, 6.45) is 6.24. The van der Waals surface area contributed by atoms with Gasteiger partial charge in [-0.3, -0.25) is 4.79 Å². The summed E-state index contributed by atoms with van der Waals surface area (Å²) >= 11 is 0. The van der Waals surface area contributed by atoms with E-state index >= 15 is 0 Å². The average molecular weight is 383 g/mol. The molecular weight excluding hydrogens is 354 g/mol. The maximum atomic E-state index is 12.5. The molecule has 0 N–H and O–H groups in total. The van der Waals surface area contributed by atoms with Crippen molar-refractivity contribution in [2.24, 2.45) is 5.92 Å². The molecule has 2 saturated heterocycles. The van der Waals surface area contributed by atoms with Crippen molar-refractivity contribution in [3.05, 3.63) is 47.6 Å². The fourth-order valence-corrected chi connectivity index (χ4v) is 4.16. The van der Waals surface area contributed by atoms with Crippen molar-refractivity contribution in [1.82, 2.24) is 15.0 Å². The summed E-state index contributed by atoms with van der Waals surface area (Å²) in [6, 6.07) is 10.2. The molecular formula is C22H29N3O3. The van der Waals surface area contributed by atoms with Gasteiger partial charge in [-0.05, 0) is 43.6 Å². The molecule has 28 heavy (non-hydrogen) atoms. The minimum Gasteiger partial charge on any atom is -0.381 e. The van der Waals surface area contributed by atoms with Crippen molar-refractivity contribution in [2.75, 3.05) is 26.3 Å². The zero-order valence-corrected chi connectivity index (χ0v) is 16.4. The lowest BCUT2D eigenvalue weighted by atomic mass is 10.0. The maximum absolute atomic E-state index is 12.5. The Morgan fingerprint density at radius 1 is 1.11 bits per heavy atom. The second-order valence-electron chi connectivity index (χ2n) is 7.95. The molecule has 2 aliphatic rings. The zero-order chi connectivity index (χ0) is 19.2. The van der Waals surface area contributed by atoms with Gasteiger partial charge in [0, 0.05) is 45.1 Å². The Morgan fingerprint density at radius 3 is 2.75 bits per heavy atom. The summed E-state index contributed by atoms with van der Waals surface area (Å²) in [4.78, 5) is 19.1. The summed E-state index contributed by atoms with van der Waals surface area (Å²) in [5.41, 5.74) is 1.23. The van der Waals surface area contributed by atoms with Gasteiger partial charge >= 0.3 is 0 Å². The number of hydrogen-bond donors (Lipinski definition) is 0. The van der Waals surface area contributed by atoms with Gasteiger partial charge in [0.05, 0.1) is 0 Å². The molecule has 2 fully saturated rings. The Morgan fingerprint density at radius 2 is 1.93 bits per heavy atom. The molecule has 3 heterocycles. The molecule has 150 valence electrons. The summed E-state index contributed by atoms with van der Waals surface area (Å²) in [5.74, 6) is 2.72. The highest BCUT2D eigenvalue weighted by Crippen LogP contribution is 2.26. The van der Waals surface area contributed by atoms with Gasteiger partial charge in [0.1, 0.15) is 0 Å². The van der Waals surface area contributed by atoms with Crippen molar-refractivity contribution in [2.45, 2.75) is 50.9 Å². The quantitative estimate of drug-likeness (QED) is 0.733. The van der Waals surface area contributed by atoms with Gasteiger partial charge in [-0.25, -0.2) is 0 Å². The summed E-state index contributed by atoms with van der Waals surface area (Å²) in [7, 11) is 0. The van der Waals surface area contributed by atoms with Crippen LogP contribution in [-0.4, -0.2) is 47.3 Å². The third-order valence-corrected chi connectivity index (χ3v) is 5.94. The first-order valence-electron chi connectivity index (χ1n) is 10.5. The van der Waals surface area contributed by atoms with Crippen molar-refractivity contribution in [3.63, 3.8) is 0 Å². The number of carbonyl (C=O) groups is 1. The lowest BCUT2D eigenvalue weighted by molar-refractivity contribution is -0.130. The Balaban J connectivity index is 1.19. The van der Waals surface area contributed by atoms with Gasteiger partial charge in [0.25, 0.3) is 0 Å². The molecule has 0 radical (unpaired) electrons. The molecule has 4 rings (SSSR count). The van der Waals surface area contributed by atoms with Crippen LogP contribution in [-0.2, 0) is 22.4 Å². The van der Waals surface area contributed by atoms with E-state index in [1.807, 2.05) is 23.1 Å². The van der Waals surface area contributed by atoms with Gasteiger partial charge < -0.3 is 14.2 Å². The fourth-order valence-electron chi connectivity index (χ4n) is 4.16. The van der Waals surface area contributed by atoms with E-state index in [0.717, 1.165) is 76.5 Å². The molecule has 0 aliphatic carbocycles. The molecule has 1 aromatic carbocycles. The second-order valence-corrected chi connectivity index (χ2v) is 7.95. The fraction of sp³-hybridized carbons (Fsp3) is 0.591. The van der Waals surface area contributed by atoms with Gasteiger partial charge in [-0.2, -0.15) is 4.98 Å². The number of likely N-dealkylation sites (tertiary alicyclic amines) is 1. The van der Waals surface area contributed by atoms with Crippen molar-refractivity contribution in [3.8, 4) is 0 Å².